The summed E-state index contributed by atoms with van der Waals surface area (Å²) in [5.74, 6) is -0.355. The van der Waals surface area contributed by atoms with E-state index in [0.717, 1.165) is 0 Å². The molecular formula is C16H12N4O3S. The van der Waals surface area contributed by atoms with Gasteiger partial charge in [0, 0.05) is 23.2 Å². The quantitative estimate of drug-likeness (QED) is 0.567. The summed E-state index contributed by atoms with van der Waals surface area (Å²) >= 11 is 1.28. The highest BCUT2D eigenvalue weighted by atomic mass is 32.1. The van der Waals surface area contributed by atoms with Gasteiger partial charge in [-0.15, -0.1) is 11.3 Å². The lowest BCUT2D eigenvalue weighted by Crippen LogP contribution is -2.15. The van der Waals surface area contributed by atoms with Gasteiger partial charge in [-0.3, -0.25) is 19.9 Å². The largest absolute Gasteiger partial charge is 0.302 e. The van der Waals surface area contributed by atoms with Gasteiger partial charge >= 0.3 is 0 Å². The third kappa shape index (κ3) is 3.61. The van der Waals surface area contributed by atoms with Gasteiger partial charge in [-0.25, -0.2) is 4.98 Å². The molecule has 0 unspecified atom stereocenters. The molecule has 120 valence electrons. The number of aromatic nitrogens is 2. The van der Waals surface area contributed by atoms with E-state index < -0.39 is 4.92 Å². The maximum absolute atomic E-state index is 12.1. The molecule has 1 amide bonds. The molecule has 0 spiro atoms. The van der Waals surface area contributed by atoms with Crippen molar-refractivity contribution in [1.29, 1.82) is 0 Å². The Morgan fingerprint density at radius 3 is 2.71 bits per heavy atom. The number of hydrogen-bond acceptors (Lipinski definition) is 6. The minimum atomic E-state index is -0.495. The number of carbonyl (C=O) groups is 1. The van der Waals surface area contributed by atoms with Crippen LogP contribution in [-0.4, -0.2) is 20.8 Å². The zero-order valence-electron chi connectivity index (χ0n) is 12.4. The van der Waals surface area contributed by atoms with Crippen LogP contribution in [0.3, 0.4) is 0 Å². The number of amides is 1. The van der Waals surface area contributed by atoms with E-state index in [9.17, 15) is 14.9 Å². The maximum atomic E-state index is 12.1. The van der Waals surface area contributed by atoms with E-state index >= 15 is 0 Å². The van der Waals surface area contributed by atoms with Gasteiger partial charge in [0.1, 0.15) is 5.69 Å². The standard InChI is InChI=1S/C16H12N4O3S/c21-15(9-11-5-1-2-7-14(11)20(22)23)19-16-18-13(10-24-16)12-6-3-4-8-17-12/h1-8,10H,9H2,(H,18,19,21). The van der Waals surface area contributed by atoms with Crippen LogP contribution in [0.1, 0.15) is 5.56 Å². The van der Waals surface area contributed by atoms with Gasteiger partial charge in [0.2, 0.25) is 5.91 Å². The summed E-state index contributed by atoms with van der Waals surface area (Å²) in [7, 11) is 0. The number of nitrogens with one attached hydrogen (secondary N) is 1. The number of thiazole rings is 1. The highest BCUT2D eigenvalue weighted by Crippen LogP contribution is 2.24. The van der Waals surface area contributed by atoms with Crippen LogP contribution < -0.4 is 5.32 Å². The molecule has 0 fully saturated rings. The Labute approximate surface area is 141 Å². The van der Waals surface area contributed by atoms with Crippen molar-refractivity contribution < 1.29 is 9.72 Å². The number of pyridine rings is 1. The Bertz CT molecular complexity index is 880. The third-order valence-electron chi connectivity index (χ3n) is 3.22. The molecule has 2 aromatic heterocycles. The number of carbonyl (C=O) groups excluding carboxylic acids is 1. The smallest absolute Gasteiger partial charge is 0.273 e. The van der Waals surface area contributed by atoms with Crippen LogP contribution in [0.25, 0.3) is 11.4 Å². The number of benzene rings is 1. The van der Waals surface area contributed by atoms with Crippen molar-refractivity contribution in [1.82, 2.24) is 9.97 Å². The van der Waals surface area contributed by atoms with Gasteiger partial charge in [-0.05, 0) is 12.1 Å². The molecule has 3 aromatic rings. The molecule has 0 atom stereocenters. The molecule has 2 heterocycles. The van der Waals surface area contributed by atoms with E-state index in [4.69, 9.17) is 0 Å². The molecule has 0 bridgehead atoms. The maximum Gasteiger partial charge on any atom is 0.273 e. The van der Waals surface area contributed by atoms with Crippen LogP contribution >= 0.6 is 11.3 Å². The molecular weight excluding hydrogens is 328 g/mol. The van der Waals surface area contributed by atoms with Crippen molar-refractivity contribution in [2.75, 3.05) is 5.32 Å². The molecule has 7 nitrogen and oxygen atoms in total. The number of hydrogen-bond donors (Lipinski definition) is 1. The summed E-state index contributed by atoms with van der Waals surface area (Å²) in [4.78, 5) is 31.1. The van der Waals surface area contributed by atoms with Crippen molar-refractivity contribution in [2.24, 2.45) is 0 Å². The average molecular weight is 340 g/mol. The molecule has 1 N–H and O–H groups in total. The van der Waals surface area contributed by atoms with Crippen LogP contribution in [0.15, 0.2) is 54.0 Å². The summed E-state index contributed by atoms with van der Waals surface area (Å²) in [6, 6.07) is 11.7. The number of nitrogens with zero attached hydrogens (tertiary/aromatic N) is 3. The lowest BCUT2D eigenvalue weighted by molar-refractivity contribution is -0.385. The first-order chi connectivity index (χ1) is 11.6. The summed E-state index contributed by atoms with van der Waals surface area (Å²) < 4.78 is 0. The topological polar surface area (TPSA) is 98.0 Å². The predicted octanol–water partition coefficient (Wildman–Crippen LogP) is 3.29. The Balaban J connectivity index is 1.70. The summed E-state index contributed by atoms with van der Waals surface area (Å²) in [6.45, 7) is 0. The number of para-hydroxylation sites is 1. The van der Waals surface area contributed by atoms with Gasteiger partial charge in [-0.1, -0.05) is 24.3 Å². The fourth-order valence-electron chi connectivity index (χ4n) is 2.14. The van der Waals surface area contributed by atoms with Crippen LogP contribution in [0.2, 0.25) is 0 Å². The molecule has 0 aliphatic carbocycles. The van der Waals surface area contributed by atoms with Gasteiger partial charge in [-0.2, -0.15) is 0 Å². The summed E-state index contributed by atoms with van der Waals surface area (Å²) in [5, 5.41) is 15.9. The second-order valence-corrected chi connectivity index (χ2v) is 5.72. The average Bonchev–Trinajstić information content (AvgIpc) is 3.04. The molecule has 0 aliphatic heterocycles. The molecule has 1 aromatic carbocycles. The van der Waals surface area contributed by atoms with Crippen molar-refractivity contribution >= 4 is 28.1 Å². The van der Waals surface area contributed by atoms with E-state index in [-0.39, 0.29) is 18.0 Å². The van der Waals surface area contributed by atoms with Crippen molar-refractivity contribution in [3.63, 3.8) is 0 Å². The Morgan fingerprint density at radius 2 is 1.96 bits per heavy atom. The zero-order chi connectivity index (χ0) is 16.9. The minimum Gasteiger partial charge on any atom is -0.302 e. The van der Waals surface area contributed by atoms with E-state index in [1.54, 1.807) is 29.8 Å². The molecule has 0 aliphatic rings. The third-order valence-corrected chi connectivity index (χ3v) is 3.97. The highest BCUT2D eigenvalue weighted by molar-refractivity contribution is 7.14. The summed E-state index contributed by atoms with van der Waals surface area (Å²) in [6.07, 6.45) is 1.58. The number of nitro benzene ring substituents is 1. The van der Waals surface area contributed by atoms with Crippen LogP contribution in [-0.2, 0) is 11.2 Å². The Hall–Kier alpha value is -3.13. The molecule has 0 radical (unpaired) electrons. The molecule has 0 saturated heterocycles. The molecule has 0 saturated carbocycles. The van der Waals surface area contributed by atoms with Gasteiger partial charge < -0.3 is 5.32 Å². The van der Waals surface area contributed by atoms with Crippen LogP contribution in [0, 0.1) is 10.1 Å². The SMILES string of the molecule is O=C(Cc1ccccc1[N+](=O)[O-])Nc1nc(-c2ccccn2)cs1. The van der Waals surface area contributed by atoms with Crippen molar-refractivity contribution in [2.45, 2.75) is 6.42 Å². The van der Waals surface area contributed by atoms with Crippen LogP contribution in [0.4, 0.5) is 10.8 Å². The van der Waals surface area contributed by atoms with Gasteiger partial charge in [0.25, 0.3) is 5.69 Å². The number of anilines is 1. The molecule has 3 rings (SSSR count). The summed E-state index contributed by atoms with van der Waals surface area (Å²) in [5.41, 5.74) is 1.68. The normalized spacial score (nSPS) is 10.3. The van der Waals surface area contributed by atoms with Crippen molar-refractivity contribution in [3.05, 3.63) is 69.7 Å². The lowest BCUT2D eigenvalue weighted by atomic mass is 10.1. The molecule has 24 heavy (non-hydrogen) atoms. The predicted molar refractivity (Wildman–Crippen MR) is 90.8 cm³/mol. The van der Waals surface area contributed by atoms with E-state index in [1.165, 1.54) is 17.4 Å². The second-order valence-electron chi connectivity index (χ2n) is 4.86. The zero-order valence-corrected chi connectivity index (χ0v) is 13.2. The Morgan fingerprint density at radius 1 is 1.17 bits per heavy atom. The highest BCUT2D eigenvalue weighted by Gasteiger charge is 2.16. The monoisotopic (exact) mass is 340 g/mol. The van der Waals surface area contributed by atoms with E-state index in [2.05, 4.69) is 15.3 Å². The minimum absolute atomic E-state index is 0.0686. The number of rotatable bonds is 5. The molecule has 8 heteroatoms. The first-order valence-corrected chi connectivity index (χ1v) is 7.90. The fourth-order valence-corrected chi connectivity index (χ4v) is 2.86. The van der Waals surface area contributed by atoms with E-state index in [0.29, 0.717) is 22.1 Å². The van der Waals surface area contributed by atoms with Gasteiger partial charge in [0.05, 0.1) is 17.0 Å². The Kier molecular flexibility index (Phi) is 4.57. The van der Waals surface area contributed by atoms with E-state index in [1.807, 2.05) is 18.2 Å². The van der Waals surface area contributed by atoms with Gasteiger partial charge in [0.15, 0.2) is 5.13 Å². The first kappa shape index (κ1) is 15.8. The number of nitro groups is 1. The first-order valence-electron chi connectivity index (χ1n) is 7.02. The second kappa shape index (κ2) is 6.97. The lowest BCUT2D eigenvalue weighted by Gasteiger charge is -2.03. The fraction of sp³-hybridized carbons (Fsp3) is 0.0625. The van der Waals surface area contributed by atoms with Crippen LogP contribution in [0.5, 0.6) is 0 Å². The van der Waals surface area contributed by atoms with Crippen molar-refractivity contribution in [3.8, 4) is 11.4 Å².